The van der Waals surface area contributed by atoms with Gasteiger partial charge in [-0.05, 0) is 24.1 Å². The van der Waals surface area contributed by atoms with E-state index >= 15 is 0 Å². The van der Waals surface area contributed by atoms with Gasteiger partial charge in [0.05, 0.1) is 6.61 Å². The number of nitrogens with two attached hydrogens (primary N) is 1. The van der Waals surface area contributed by atoms with Gasteiger partial charge in [0, 0.05) is 26.3 Å². The second-order valence-electron chi connectivity index (χ2n) is 4.00. The highest BCUT2D eigenvalue weighted by molar-refractivity contribution is 5.26. The number of aliphatic hydroxyl groups is 1. The van der Waals surface area contributed by atoms with Gasteiger partial charge in [-0.1, -0.05) is 24.3 Å². The van der Waals surface area contributed by atoms with Crippen LogP contribution in [0.25, 0.3) is 0 Å². The molecule has 0 aliphatic heterocycles. The van der Waals surface area contributed by atoms with Gasteiger partial charge in [0.2, 0.25) is 0 Å². The van der Waals surface area contributed by atoms with Gasteiger partial charge in [-0.25, -0.2) is 0 Å². The van der Waals surface area contributed by atoms with Crippen molar-refractivity contribution in [3.05, 3.63) is 35.4 Å². The molecule has 0 radical (unpaired) electrons. The van der Waals surface area contributed by atoms with Crippen molar-refractivity contribution in [2.45, 2.75) is 19.1 Å². The van der Waals surface area contributed by atoms with Gasteiger partial charge in [0.1, 0.15) is 0 Å². The van der Waals surface area contributed by atoms with E-state index in [1.165, 1.54) is 5.56 Å². The van der Waals surface area contributed by atoms with Crippen molar-refractivity contribution >= 4 is 0 Å². The van der Waals surface area contributed by atoms with Crippen LogP contribution in [-0.2, 0) is 11.3 Å². The molecule has 0 saturated heterocycles. The predicted molar refractivity (Wildman–Crippen MR) is 68.7 cm³/mol. The van der Waals surface area contributed by atoms with Crippen LogP contribution < -0.4 is 11.1 Å². The molecule has 4 nitrogen and oxygen atoms in total. The first-order valence-corrected chi connectivity index (χ1v) is 5.94. The van der Waals surface area contributed by atoms with Gasteiger partial charge in [0.25, 0.3) is 0 Å². The normalized spacial score (nSPS) is 12.6. The second-order valence-corrected chi connectivity index (χ2v) is 4.00. The lowest BCUT2D eigenvalue weighted by Crippen LogP contribution is -2.29. The number of nitrogens with one attached hydrogen (secondary N) is 1. The number of hydrogen-bond acceptors (Lipinski definition) is 4. The molecular formula is C13H22N2O2. The van der Waals surface area contributed by atoms with Gasteiger partial charge < -0.3 is 20.9 Å². The topological polar surface area (TPSA) is 67.5 Å². The maximum Gasteiger partial charge on any atom is 0.0713 e. The fourth-order valence-electron chi connectivity index (χ4n) is 1.76. The van der Waals surface area contributed by atoms with Crippen LogP contribution in [0.3, 0.4) is 0 Å². The van der Waals surface area contributed by atoms with Crippen LogP contribution in [0, 0.1) is 0 Å². The number of hydrogen-bond donors (Lipinski definition) is 3. The molecule has 1 rings (SSSR count). The van der Waals surface area contributed by atoms with Gasteiger partial charge >= 0.3 is 0 Å². The number of ether oxygens (including phenoxy) is 1. The van der Waals surface area contributed by atoms with Crippen LogP contribution in [0.4, 0.5) is 0 Å². The highest BCUT2D eigenvalue weighted by atomic mass is 16.5. The third-order valence-corrected chi connectivity index (χ3v) is 2.63. The molecule has 0 bridgehead atoms. The lowest BCUT2D eigenvalue weighted by Gasteiger charge is -2.17. The van der Waals surface area contributed by atoms with Crippen molar-refractivity contribution in [1.29, 1.82) is 0 Å². The van der Waals surface area contributed by atoms with Crippen LogP contribution in [0.1, 0.15) is 23.6 Å². The predicted octanol–water partition coefficient (Wildman–Crippen LogP) is 0.805. The van der Waals surface area contributed by atoms with Crippen LogP contribution >= 0.6 is 0 Å². The Bertz CT molecular complexity index is 318. The van der Waals surface area contributed by atoms with E-state index in [-0.39, 0.29) is 12.6 Å². The third-order valence-electron chi connectivity index (χ3n) is 2.63. The number of benzene rings is 1. The van der Waals surface area contributed by atoms with Gasteiger partial charge in [-0.15, -0.1) is 0 Å². The zero-order valence-electron chi connectivity index (χ0n) is 10.4. The van der Waals surface area contributed by atoms with Crippen LogP contribution in [0.5, 0.6) is 0 Å². The molecule has 4 heteroatoms. The molecule has 0 aliphatic carbocycles. The average molecular weight is 238 g/mol. The van der Waals surface area contributed by atoms with Crippen LogP contribution in [-0.4, -0.2) is 31.9 Å². The summed E-state index contributed by atoms with van der Waals surface area (Å²) in [5, 5.41) is 12.1. The molecule has 0 aromatic heterocycles. The molecule has 0 aliphatic rings. The van der Waals surface area contributed by atoms with E-state index in [0.717, 1.165) is 18.5 Å². The van der Waals surface area contributed by atoms with E-state index in [9.17, 15) is 0 Å². The van der Waals surface area contributed by atoms with E-state index in [0.29, 0.717) is 13.2 Å². The average Bonchev–Trinajstić information content (AvgIpc) is 2.35. The zero-order valence-corrected chi connectivity index (χ0v) is 10.4. The first-order valence-electron chi connectivity index (χ1n) is 5.94. The number of methoxy groups -OCH3 is 1. The lowest BCUT2D eigenvalue weighted by molar-refractivity contribution is 0.185. The Morgan fingerprint density at radius 2 is 2.29 bits per heavy atom. The standard InChI is InChI=1S/C13H22N2O2/c1-17-10-11-4-2-5-12(8-11)13(9-14)15-6-3-7-16/h2,4-5,8,13,15-16H,3,6-7,9-10,14H2,1H3. The largest absolute Gasteiger partial charge is 0.396 e. The molecule has 1 unspecified atom stereocenters. The Kier molecular flexibility index (Phi) is 6.81. The fraction of sp³-hybridized carbons (Fsp3) is 0.538. The summed E-state index contributed by atoms with van der Waals surface area (Å²) in [7, 11) is 1.69. The minimum Gasteiger partial charge on any atom is -0.396 e. The quantitative estimate of drug-likeness (QED) is 0.586. The van der Waals surface area contributed by atoms with Crippen molar-refractivity contribution in [3.63, 3.8) is 0 Å². The fourth-order valence-corrected chi connectivity index (χ4v) is 1.76. The van der Waals surface area contributed by atoms with E-state index in [1.54, 1.807) is 7.11 Å². The molecule has 4 N–H and O–H groups in total. The Morgan fingerprint density at radius 1 is 1.47 bits per heavy atom. The first kappa shape index (κ1) is 14.1. The minimum atomic E-state index is 0.137. The van der Waals surface area contributed by atoms with E-state index in [2.05, 4.69) is 17.4 Å². The first-order chi connectivity index (χ1) is 8.31. The maximum atomic E-state index is 8.75. The van der Waals surface area contributed by atoms with Gasteiger partial charge in [-0.2, -0.15) is 0 Å². The minimum absolute atomic E-state index is 0.137. The smallest absolute Gasteiger partial charge is 0.0713 e. The molecule has 1 aromatic carbocycles. The van der Waals surface area contributed by atoms with Gasteiger partial charge in [0.15, 0.2) is 0 Å². The summed E-state index contributed by atoms with van der Waals surface area (Å²) in [5.41, 5.74) is 8.07. The molecule has 0 saturated carbocycles. The Hall–Kier alpha value is -0.940. The summed E-state index contributed by atoms with van der Waals surface area (Å²) in [4.78, 5) is 0. The third kappa shape index (κ3) is 4.83. The van der Waals surface area contributed by atoms with Crippen molar-refractivity contribution in [2.75, 3.05) is 26.8 Å². The number of aliphatic hydroxyl groups excluding tert-OH is 1. The van der Waals surface area contributed by atoms with E-state index < -0.39 is 0 Å². The molecule has 0 spiro atoms. The van der Waals surface area contributed by atoms with Gasteiger partial charge in [-0.3, -0.25) is 0 Å². The Morgan fingerprint density at radius 3 is 2.94 bits per heavy atom. The van der Waals surface area contributed by atoms with E-state index in [4.69, 9.17) is 15.6 Å². The monoisotopic (exact) mass is 238 g/mol. The molecule has 0 amide bonds. The van der Waals surface area contributed by atoms with Crippen LogP contribution in [0.15, 0.2) is 24.3 Å². The molecular weight excluding hydrogens is 216 g/mol. The zero-order chi connectivity index (χ0) is 12.5. The highest BCUT2D eigenvalue weighted by Gasteiger charge is 2.08. The van der Waals surface area contributed by atoms with Crippen molar-refractivity contribution in [1.82, 2.24) is 5.32 Å². The SMILES string of the molecule is COCc1cccc(C(CN)NCCCO)c1. The molecule has 0 fully saturated rings. The summed E-state index contributed by atoms with van der Waals surface area (Å²) in [6.45, 7) is 2.13. The van der Waals surface area contributed by atoms with Crippen LogP contribution in [0.2, 0.25) is 0 Å². The molecule has 17 heavy (non-hydrogen) atoms. The molecule has 1 aromatic rings. The summed E-state index contributed by atoms with van der Waals surface area (Å²) >= 11 is 0. The summed E-state index contributed by atoms with van der Waals surface area (Å²) in [6.07, 6.45) is 0.744. The molecule has 1 atom stereocenters. The van der Waals surface area contributed by atoms with Crippen molar-refractivity contribution < 1.29 is 9.84 Å². The number of rotatable bonds is 8. The lowest BCUT2D eigenvalue weighted by atomic mass is 10.0. The highest BCUT2D eigenvalue weighted by Crippen LogP contribution is 2.14. The molecule has 96 valence electrons. The summed E-state index contributed by atoms with van der Waals surface area (Å²) in [6, 6.07) is 8.35. The summed E-state index contributed by atoms with van der Waals surface area (Å²) < 4.78 is 5.11. The van der Waals surface area contributed by atoms with Crippen molar-refractivity contribution in [3.8, 4) is 0 Å². The Balaban J connectivity index is 2.63. The second kappa shape index (κ2) is 8.20. The Labute approximate surface area is 103 Å². The molecule has 0 heterocycles. The maximum absolute atomic E-state index is 8.75. The van der Waals surface area contributed by atoms with E-state index in [1.807, 2.05) is 12.1 Å². The summed E-state index contributed by atoms with van der Waals surface area (Å²) in [5.74, 6) is 0. The van der Waals surface area contributed by atoms with Crippen molar-refractivity contribution in [2.24, 2.45) is 5.73 Å².